The largest absolute Gasteiger partial charge is 0.310 e. The summed E-state index contributed by atoms with van der Waals surface area (Å²) < 4.78 is 12.8. The van der Waals surface area contributed by atoms with E-state index in [4.69, 9.17) is 0 Å². The molecule has 3 heterocycles. The first-order chi connectivity index (χ1) is 10.9. The van der Waals surface area contributed by atoms with Crippen molar-refractivity contribution in [2.24, 2.45) is 0 Å². The fourth-order valence-electron chi connectivity index (χ4n) is 4.52. The molecular weight excluding hydrogens is 291 g/mol. The molecule has 3 fully saturated rings. The van der Waals surface area contributed by atoms with Crippen LogP contribution in [0, 0.1) is 0 Å². The van der Waals surface area contributed by atoms with Crippen LogP contribution in [0.5, 0.6) is 0 Å². The van der Waals surface area contributed by atoms with E-state index in [1.165, 1.54) is 97.1 Å². The van der Waals surface area contributed by atoms with Crippen LogP contribution in [0.1, 0.15) is 64.7 Å². The summed E-state index contributed by atoms with van der Waals surface area (Å²) in [6.45, 7) is 11.3. The molecule has 128 valence electrons. The third-order valence-electron chi connectivity index (χ3n) is 5.55. The van der Waals surface area contributed by atoms with Gasteiger partial charge in [-0.1, -0.05) is 19.3 Å². The fraction of sp³-hybridized carbons (Fsp3) is 1.00. The van der Waals surface area contributed by atoms with Crippen molar-refractivity contribution in [3.05, 3.63) is 0 Å². The van der Waals surface area contributed by atoms with Gasteiger partial charge in [0.15, 0.2) is 0 Å². The molecule has 0 aromatic heterocycles. The summed E-state index contributed by atoms with van der Waals surface area (Å²) in [7, 11) is -1.47. The molecule has 0 amide bonds. The first-order valence-electron chi connectivity index (χ1n) is 9.78. The van der Waals surface area contributed by atoms with E-state index in [2.05, 4.69) is 25.7 Å². The molecule has 0 aliphatic carbocycles. The summed E-state index contributed by atoms with van der Waals surface area (Å²) in [6, 6.07) is 0. The summed E-state index contributed by atoms with van der Waals surface area (Å²) in [4.78, 5) is 0. The molecule has 1 N–H and O–H groups in total. The first kappa shape index (κ1) is 17.0. The quantitative estimate of drug-likeness (QED) is 0.803. The Morgan fingerprint density at radius 3 is 1.18 bits per heavy atom. The van der Waals surface area contributed by atoms with E-state index in [0.717, 1.165) is 6.54 Å². The number of hydrogen-bond acceptors (Lipinski definition) is 0. The highest BCUT2D eigenvalue weighted by Gasteiger charge is 2.46. The van der Waals surface area contributed by atoms with Crippen molar-refractivity contribution in [3.8, 4) is 0 Å². The van der Waals surface area contributed by atoms with Gasteiger partial charge < -0.3 is 0 Å². The molecule has 3 aliphatic heterocycles. The lowest BCUT2D eigenvalue weighted by atomic mass is 10.2. The van der Waals surface area contributed by atoms with Crippen LogP contribution in [0.2, 0.25) is 0 Å². The van der Waals surface area contributed by atoms with Crippen molar-refractivity contribution in [2.45, 2.75) is 64.7 Å². The van der Waals surface area contributed by atoms with E-state index >= 15 is 0 Å². The summed E-state index contributed by atoms with van der Waals surface area (Å²) >= 11 is 0. The second-order valence-corrected chi connectivity index (χ2v) is 10.3. The van der Waals surface area contributed by atoms with Crippen LogP contribution in [0.4, 0.5) is 0 Å². The normalized spacial score (nSPS) is 27.0. The maximum absolute atomic E-state index is 4.09. The smallest absolute Gasteiger partial charge is 0.235 e. The Labute approximate surface area is 137 Å². The van der Waals surface area contributed by atoms with Crippen molar-refractivity contribution >= 4 is 7.51 Å². The zero-order chi connectivity index (χ0) is 15.3. The number of rotatable bonds is 4. The van der Waals surface area contributed by atoms with Gasteiger partial charge in [-0.05, 0) is 45.4 Å². The average Bonchev–Trinajstić information content (AvgIpc) is 2.62. The SMILES string of the molecule is CC[NH+]=P(N1CCCCC1)(N1CCCCC1)N1CCCCC1. The van der Waals surface area contributed by atoms with Crippen LogP contribution in [-0.4, -0.2) is 59.8 Å². The Hall–Kier alpha value is 0.110. The summed E-state index contributed by atoms with van der Waals surface area (Å²) in [6.07, 6.45) is 12.7. The van der Waals surface area contributed by atoms with Gasteiger partial charge in [-0.15, -0.1) is 0 Å². The van der Waals surface area contributed by atoms with Crippen LogP contribution in [0.3, 0.4) is 0 Å². The molecule has 0 unspecified atom stereocenters. The maximum Gasteiger partial charge on any atom is 0.310 e. The molecule has 5 heteroatoms. The highest BCUT2D eigenvalue weighted by atomic mass is 31.2. The van der Waals surface area contributed by atoms with Crippen molar-refractivity contribution in [3.63, 3.8) is 0 Å². The van der Waals surface area contributed by atoms with Gasteiger partial charge in [0.25, 0.3) is 0 Å². The Morgan fingerprint density at radius 1 is 0.591 bits per heavy atom. The second-order valence-electron chi connectivity index (χ2n) is 7.12. The Balaban J connectivity index is 1.94. The molecule has 0 aromatic rings. The summed E-state index contributed by atoms with van der Waals surface area (Å²) in [5, 5.41) is 0. The van der Waals surface area contributed by atoms with E-state index in [9.17, 15) is 0 Å². The topological polar surface area (TPSA) is 23.7 Å². The van der Waals surface area contributed by atoms with Crippen LogP contribution >= 0.6 is 7.51 Å². The molecule has 3 saturated heterocycles. The summed E-state index contributed by atoms with van der Waals surface area (Å²) in [5.74, 6) is 0. The average molecular weight is 327 g/mol. The van der Waals surface area contributed by atoms with Crippen molar-refractivity contribution in [1.29, 1.82) is 0 Å². The predicted molar refractivity (Wildman–Crippen MR) is 94.7 cm³/mol. The standard InChI is InChI=1S/C17H35N4P/c1-2-18-22(19-12-6-3-7-13-19,20-14-8-4-9-15-20)21-16-10-5-11-17-21/h2-17H2,1H3/p+1. The first-order valence-corrected chi connectivity index (χ1v) is 11.4. The van der Waals surface area contributed by atoms with E-state index in [-0.39, 0.29) is 0 Å². The summed E-state index contributed by atoms with van der Waals surface area (Å²) in [5.41, 5.74) is 0. The molecule has 0 bridgehead atoms. The predicted octanol–water partition coefficient (Wildman–Crippen LogP) is 2.49. The molecule has 3 rings (SSSR count). The lowest BCUT2D eigenvalue weighted by molar-refractivity contribution is -0.442. The minimum absolute atomic E-state index is 1.11. The lowest BCUT2D eigenvalue weighted by Gasteiger charge is -2.48. The number of nitrogens with zero attached hydrogens (tertiary/aromatic N) is 3. The maximum atomic E-state index is 4.09. The van der Waals surface area contributed by atoms with Crippen molar-refractivity contribution in [2.75, 3.05) is 45.8 Å². The number of piperidine rings is 3. The fourth-order valence-corrected chi connectivity index (χ4v) is 9.14. The van der Waals surface area contributed by atoms with Crippen LogP contribution in [0.15, 0.2) is 0 Å². The highest BCUT2D eigenvalue weighted by Crippen LogP contribution is 2.56. The van der Waals surface area contributed by atoms with Gasteiger partial charge in [-0.25, -0.2) is 18.8 Å². The van der Waals surface area contributed by atoms with Gasteiger partial charge >= 0.3 is 7.51 Å². The lowest BCUT2D eigenvalue weighted by Crippen LogP contribution is -2.73. The molecule has 22 heavy (non-hydrogen) atoms. The molecule has 0 aromatic carbocycles. The Morgan fingerprint density at radius 2 is 0.909 bits per heavy atom. The molecule has 0 spiro atoms. The van der Waals surface area contributed by atoms with Crippen molar-refractivity contribution in [1.82, 2.24) is 14.0 Å². The van der Waals surface area contributed by atoms with Gasteiger partial charge in [0.05, 0.1) is 0 Å². The highest BCUT2D eigenvalue weighted by molar-refractivity contribution is 7.56. The molecular formula is C17H36N4P+. The monoisotopic (exact) mass is 327 g/mol. The third-order valence-corrected chi connectivity index (χ3v) is 9.86. The third kappa shape index (κ3) is 3.45. The van der Waals surface area contributed by atoms with Gasteiger partial charge in [0.2, 0.25) is 0 Å². The van der Waals surface area contributed by atoms with Crippen LogP contribution in [0.25, 0.3) is 0 Å². The zero-order valence-corrected chi connectivity index (χ0v) is 15.5. The molecule has 0 radical (unpaired) electrons. The van der Waals surface area contributed by atoms with Gasteiger partial charge in [-0.2, -0.15) is 0 Å². The zero-order valence-electron chi connectivity index (χ0n) is 14.6. The van der Waals surface area contributed by atoms with Crippen molar-refractivity contribution < 1.29 is 4.74 Å². The minimum atomic E-state index is -1.47. The van der Waals surface area contributed by atoms with Gasteiger partial charge in [0, 0.05) is 39.3 Å². The van der Waals surface area contributed by atoms with E-state index in [1.54, 1.807) is 0 Å². The van der Waals surface area contributed by atoms with E-state index in [0.29, 0.717) is 0 Å². The molecule has 0 atom stereocenters. The molecule has 4 nitrogen and oxygen atoms in total. The Kier molecular flexibility index (Phi) is 6.38. The van der Waals surface area contributed by atoms with Crippen LogP contribution in [-0.2, 0) is 0 Å². The number of nitrogens with one attached hydrogen (secondary N) is 1. The van der Waals surface area contributed by atoms with Gasteiger partial charge in [-0.3, -0.25) is 0 Å². The molecule has 3 aliphatic rings. The van der Waals surface area contributed by atoms with E-state index < -0.39 is 7.51 Å². The van der Waals surface area contributed by atoms with Crippen LogP contribution < -0.4 is 4.74 Å². The number of hydrogen-bond donors (Lipinski definition) is 1. The molecule has 0 saturated carbocycles. The minimum Gasteiger partial charge on any atom is -0.235 e. The second kappa shape index (κ2) is 8.28. The van der Waals surface area contributed by atoms with E-state index in [1.807, 2.05) is 0 Å². The van der Waals surface area contributed by atoms with Gasteiger partial charge in [0.1, 0.15) is 6.54 Å². The Bertz CT molecular complexity index is 328.